The van der Waals surface area contributed by atoms with Crippen molar-refractivity contribution in [1.82, 2.24) is 14.1 Å². The van der Waals surface area contributed by atoms with Crippen molar-refractivity contribution in [1.29, 1.82) is 0 Å². The molecule has 3 aromatic carbocycles. The number of amides is 1. The lowest BCUT2D eigenvalue weighted by Gasteiger charge is -2.18. The van der Waals surface area contributed by atoms with Crippen molar-refractivity contribution < 1.29 is 14.0 Å². The van der Waals surface area contributed by atoms with E-state index in [1.165, 1.54) is 12.1 Å². The number of anilines is 1. The molecule has 5 rings (SSSR count). The van der Waals surface area contributed by atoms with Gasteiger partial charge in [0.15, 0.2) is 11.6 Å². The Morgan fingerprint density at radius 3 is 2.53 bits per heavy atom. The zero-order valence-electron chi connectivity index (χ0n) is 25.1. The Hall–Kier alpha value is -4.85. The summed E-state index contributed by atoms with van der Waals surface area (Å²) in [5.41, 5.74) is 5.70. The minimum Gasteiger partial charge on any atom is -0.316 e. The maximum absolute atomic E-state index is 14.0. The van der Waals surface area contributed by atoms with Gasteiger partial charge in [-0.2, -0.15) is 0 Å². The van der Waals surface area contributed by atoms with Crippen LogP contribution in [0.25, 0.3) is 27.8 Å². The zero-order chi connectivity index (χ0) is 30.8. The summed E-state index contributed by atoms with van der Waals surface area (Å²) in [5.74, 6) is -0.870. The number of halogens is 1. The summed E-state index contributed by atoms with van der Waals surface area (Å²) in [6.45, 7) is 9.53. The molecule has 220 valence electrons. The molecule has 0 saturated heterocycles. The molecule has 0 aliphatic carbocycles. The predicted octanol–water partition coefficient (Wildman–Crippen LogP) is 7.24. The number of benzene rings is 3. The molecule has 0 fully saturated rings. The number of hydrogen-bond donors (Lipinski definition) is 1. The van der Waals surface area contributed by atoms with Gasteiger partial charge in [-0.05, 0) is 67.3 Å². The van der Waals surface area contributed by atoms with Gasteiger partial charge in [0.2, 0.25) is 5.91 Å². The van der Waals surface area contributed by atoms with Crippen molar-refractivity contribution in [3.63, 3.8) is 0 Å². The van der Waals surface area contributed by atoms with Gasteiger partial charge in [0.1, 0.15) is 5.82 Å². The third-order valence-corrected chi connectivity index (χ3v) is 8.08. The molecule has 1 N–H and O–H groups in total. The third kappa shape index (κ3) is 5.78. The van der Waals surface area contributed by atoms with Crippen LogP contribution in [0.3, 0.4) is 0 Å². The first-order valence-electron chi connectivity index (χ1n) is 14.5. The minimum atomic E-state index is -0.441. The van der Waals surface area contributed by atoms with E-state index < -0.39 is 5.56 Å². The molecule has 0 aliphatic heterocycles. The Labute approximate surface area is 250 Å². The maximum atomic E-state index is 14.0. The molecule has 2 heterocycles. The van der Waals surface area contributed by atoms with Gasteiger partial charge < -0.3 is 9.88 Å². The smallest absolute Gasteiger partial charge is 0.294 e. The molecule has 0 saturated carbocycles. The van der Waals surface area contributed by atoms with E-state index >= 15 is 0 Å². The summed E-state index contributed by atoms with van der Waals surface area (Å²) in [4.78, 5) is 43.7. The van der Waals surface area contributed by atoms with Crippen molar-refractivity contribution in [2.24, 2.45) is 5.92 Å². The van der Waals surface area contributed by atoms with Crippen LogP contribution in [-0.4, -0.2) is 25.8 Å². The van der Waals surface area contributed by atoms with Crippen LogP contribution in [0.1, 0.15) is 60.7 Å². The highest BCUT2D eigenvalue weighted by Crippen LogP contribution is 2.28. The van der Waals surface area contributed by atoms with Crippen LogP contribution in [0.2, 0.25) is 0 Å². The fourth-order valence-corrected chi connectivity index (χ4v) is 5.34. The molecule has 0 aliphatic rings. The van der Waals surface area contributed by atoms with Gasteiger partial charge in [-0.15, -0.1) is 0 Å². The van der Waals surface area contributed by atoms with Crippen LogP contribution >= 0.6 is 0 Å². The largest absolute Gasteiger partial charge is 0.316 e. The average molecular weight is 579 g/mol. The molecule has 0 bridgehead atoms. The Balaban J connectivity index is 1.63. The Kier molecular flexibility index (Phi) is 8.39. The first kappa shape index (κ1) is 29.6. The second kappa shape index (κ2) is 12.2. The summed E-state index contributed by atoms with van der Waals surface area (Å²) in [5, 5.41) is 3.54. The lowest BCUT2D eigenvalue weighted by atomic mass is 9.96. The van der Waals surface area contributed by atoms with E-state index in [0.717, 1.165) is 33.3 Å². The number of Topliss-reactive ketones (excluding diaryl/α,β-unsaturated/α-hetero) is 1. The number of rotatable bonds is 9. The van der Waals surface area contributed by atoms with Crippen LogP contribution in [0.4, 0.5) is 10.2 Å². The van der Waals surface area contributed by atoms with E-state index in [1.54, 1.807) is 29.8 Å². The number of aromatic nitrogens is 3. The van der Waals surface area contributed by atoms with Crippen LogP contribution in [0.5, 0.6) is 0 Å². The molecule has 7 nitrogen and oxygen atoms in total. The fourth-order valence-electron chi connectivity index (χ4n) is 5.34. The van der Waals surface area contributed by atoms with Crippen molar-refractivity contribution in [3.8, 4) is 16.9 Å². The molecular formula is C35H35FN4O3. The second-order valence-corrected chi connectivity index (χ2v) is 11.0. The molecule has 0 spiro atoms. The number of ketones is 1. The van der Waals surface area contributed by atoms with Crippen molar-refractivity contribution in [3.05, 3.63) is 111 Å². The lowest BCUT2D eigenvalue weighted by molar-refractivity contribution is -0.119. The van der Waals surface area contributed by atoms with Crippen molar-refractivity contribution in [2.45, 2.75) is 54.0 Å². The number of carbonyl (C=O) groups excluding carboxylic acids is 2. The molecule has 5 aromatic rings. The van der Waals surface area contributed by atoms with Gasteiger partial charge in [-0.3, -0.25) is 19.0 Å². The lowest BCUT2D eigenvalue weighted by Crippen LogP contribution is -2.30. The van der Waals surface area contributed by atoms with Gasteiger partial charge >= 0.3 is 0 Å². The van der Waals surface area contributed by atoms with E-state index in [-0.39, 0.29) is 35.8 Å². The van der Waals surface area contributed by atoms with Crippen LogP contribution in [0.15, 0.2) is 77.9 Å². The van der Waals surface area contributed by atoms with Gasteiger partial charge in [-0.1, -0.05) is 51.1 Å². The number of fused-ring (bicyclic) bond motifs is 1. The van der Waals surface area contributed by atoms with Gasteiger partial charge in [-0.25, -0.2) is 9.37 Å². The SMILES string of the molecule is CCC(=O)c1cccc(-c2cnc(NC(=O)[C@H](C)CC)c(=O)n2Cc2cccc(-n3cc(C)c4cc(F)ccc43)c2)c1C. The fraction of sp³-hybridized carbons (Fsp3) is 0.257. The van der Waals surface area contributed by atoms with E-state index in [9.17, 15) is 18.8 Å². The highest BCUT2D eigenvalue weighted by molar-refractivity contribution is 5.99. The van der Waals surface area contributed by atoms with Crippen molar-refractivity contribution >= 4 is 28.4 Å². The topological polar surface area (TPSA) is 86.0 Å². The summed E-state index contributed by atoms with van der Waals surface area (Å²) >= 11 is 0. The van der Waals surface area contributed by atoms with Crippen LogP contribution < -0.4 is 10.9 Å². The monoisotopic (exact) mass is 578 g/mol. The van der Waals surface area contributed by atoms with Gasteiger partial charge in [0, 0.05) is 40.7 Å². The van der Waals surface area contributed by atoms with Crippen molar-refractivity contribution in [2.75, 3.05) is 5.32 Å². The van der Waals surface area contributed by atoms with Gasteiger partial charge in [0.25, 0.3) is 5.56 Å². The third-order valence-electron chi connectivity index (χ3n) is 8.08. The molecule has 0 unspecified atom stereocenters. The molecule has 1 atom stereocenters. The molecule has 2 aromatic heterocycles. The second-order valence-electron chi connectivity index (χ2n) is 11.0. The number of nitrogens with one attached hydrogen (secondary N) is 1. The van der Waals surface area contributed by atoms with Crippen LogP contribution in [0, 0.1) is 25.6 Å². The average Bonchev–Trinajstić information content (AvgIpc) is 3.34. The number of hydrogen-bond acceptors (Lipinski definition) is 4. The van der Waals surface area contributed by atoms with E-state index in [4.69, 9.17) is 0 Å². The quantitative estimate of drug-likeness (QED) is 0.187. The highest BCUT2D eigenvalue weighted by Gasteiger charge is 2.20. The standard InChI is InChI=1S/C35H35FN4O3/c1-6-21(3)34(42)38-33-35(43)40(31(18-37-33)27-12-9-13-28(23(27)5)32(41)7-2)20-24-10-8-11-26(16-24)39-19-22(4)29-17-25(36)14-15-30(29)39/h8-19,21H,6-7,20H2,1-5H3,(H,37,38,42)/t21-/m1/s1. The predicted molar refractivity (Wildman–Crippen MR) is 168 cm³/mol. The maximum Gasteiger partial charge on any atom is 0.294 e. The number of aryl methyl sites for hydroxylation is 1. The molecule has 43 heavy (non-hydrogen) atoms. The molecule has 8 heteroatoms. The molecule has 1 amide bonds. The number of carbonyl (C=O) groups is 2. The number of nitrogens with zero attached hydrogens (tertiary/aromatic N) is 3. The minimum absolute atomic E-state index is 0.0143. The molecular weight excluding hydrogens is 543 g/mol. The van der Waals surface area contributed by atoms with E-state index in [1.807, 2.05) is 74.9 Å². The summed E-state index contributed by atoms with van der Waals surface area (Å²) < 4.78 is 17.6. The Bertz CT molecular complexity index is 1920. The highest BCUT2D eigenvalue weighted by atomic mass is 19.1. The Morgan fingerprint density at radius 2 is 1.79 bits per heavy atom. The first-order chi connectivity index (χ1) is 20.6. The van der Waals surface area contributed by atoms with Gasteiger partial charge in [0.05, 0.1) is 24.0 Å². The van der Waals surface area contributed by atoms with E-state index in [2.05, 4.69) is 10.3 Å². The summed E-state index contributed by atoms with van der Waals surface area (Å²) in [6, 6.07) is 18.0. The summed E-state index contributed by atoms with van der Waals surface area (Å²) in [6.07, 6.45) is 4.54. The first-order valence-corrected chi connectivity index (χ1v) is 14.5. The van der Waals surface area contributed by atoms with Crippen LogP contribution in [-0.2, 0) is 11.3 Å². The Morgan fingerprint density at radius 1 is 1.02 bits per heavy atom. The zero-order valence-corrected chi connectivity index (χ0v) is 25.1. The van der Waals surface area contributed by atoms with E-state index in [0.29, 0.717) is 29.7 Å². The molecule has 0 radical (unpaired) electrons. The normalized spacial score (nSPS) is 12.0. The summed E-state index contributed by atoms with van der Waals surface area (Å²) in [7, 11) is 0.